The van der Waals surface area contributed by atoms with E-state index in [1.807, 2.05) is 0 Å². The van der Waals surface area contributed by atoms with Crippen LogP contribution in [-0.4, -0.2) is 12.1 Å². The predicted molar refractivity (Wildman–Crippen MR) is 47.9 cm³/mol. The van der Waals surface area contributed by atoms with Gasteiger partial charge in [-0.15, -0.1) is 0 Å². The number of anilines is 1. The maximum absolute atomic E-state index is 5.63. The van der Waals surface area contributed by atoms with Gasteiger partial charge < -0.3 is 10.5 Å². The van der Waals surface area contributed by atoms with Gasteiger partial charge in [-0.2, -0.15) is 0 Å². The molecule has 0 saturated heterocycles. The lowest BCUT2D eigenvalue weighted by atomic mass is 10.4. The SMILES string of the molecule is COc1c(Br)cnc(Cl)c1N. The van der Waals surface area contributed by atoms with Gasteiger partial charge in [0.15, 0.2) is 10.9 Å². The molecule has 0 aliphatic carbocycles. The third-order valence-corrected chi connectivity index (χ3v) is 2.05. The minimum Gasteiger partial charge on any atom is -0.493 e. The zero-order valence-electron chi connectivity index (χ0n) is 5.77. The van der Waals surface area contributed by atoms with Crippen LogP contribution in [0.15, 0.2) is 10.7 Å². The van der Waals surface area contributed by atoms with Gasteiger partial charge in [0.2, 0.25) is 0 Å². The van der Waals surface area contributed by atoms with Gasteiger partial charge in [-0.25, -0.2) is 4.98 Å². The van der Waals surface area contributed by atoms with E-state index in [-0.39, 0.29) is 5.15 Å². The van der Waals surface area contributed by atoms with Crippen LogP contribution in [0.3, 0.4) is 0 Å². The molecule has 0 amide bonds. The van der Waals surface area contributed by atoms with Crippen molar-refractivity contribution in [3.8, 4) is 5.75 Å². The fourth-order valence-corrected chi connectivity index (χ4v) is 1.28. The molecule has 0 spiro atoms. The number of pyridine rings is 1. The standard InChI is InChI=1S/C6H6BrClN2O/c1-11-5-3(7)2-10-6(8)4(5)9/h2H,9H2,1H3. The van der Waals surface area contributed by atoms with Crippen molar-refractivity contribution in [1.29, 1.82) is 0 Å². The Labute approximate surface area is 77.6 Å². The third kappa shape index (κ3) is 1.57. The molecule has 0 unspecified atom stereocenters. The molecular weight excluding hydrogens is 231 g/mol. The average molecular weight is 237 g/mol. The Hall–Kier alpha value is -0.480. The first-order chi connectivity index (χ1) is 5.16. The Morgan fingerprint density at radius 2 is 2.36 bits per heavy atom. The summed E-state index contributed by atoms with van der Waals surface area (Å²) in [4.78, 5) is 3.80. The Bertz CT molecular complexity index is 280. The second kappa shape index (κ2) is 3.28. The quantitative estimate of drug-likeness (QED) is 0.761. The topological polar surface area (TPSA) is 48.1 Å². The summed E-state index contributed by atoms with van der Waals surface area (Å²) in [6.07, 6.45) is 1.54. The number of aromatic nitrogens is 1. The van der Waals surface area contributed by atoms with Gasteiger partial charge in [0, 0.05) is 6.20 Å². The van der Waals surface area contributed by atoms with Gasteiger partial charge in [0.25, 0.3) is 0 Å². The molecule has 0 aliphatic heterocycles. The van der Waals surface area contributed by atoms with Crippen molar-refractivity contribution in [2.45, 2.75) is 0 Å². The first kappa shape index (κ1) is 8.62. The number of hydrogen-bond donors (Lipinski definition) is 1. The van der Waals surface area contributed by atoms with Gasteiger partial charge in [0.05, 0.1) is 11.6 Å². The highest BCUT2D eigenvalue weighted by Gasteiger charge is 2.08. The number of nitrogen functional groups attached to an aromatic ring is 1. The van der Waals surface area contributed by atoms with E-state index < -0.39 is 0 Å². The normalized spacial score (nSPS) is 9.73. The molecule has 1 aromatic heterocycles. The Morgan fingerprint density at radius 1 is 1.73 bits per heavy atom. The Balaban J connectivity index is 3.29. The first-order valence-corrected chi connectivity index (χ1v) is 3.97. The first-order valence-electron chi connectivity index (χ1n) is 2.80. The molecule has 0 radical (unpaired) electrons. The number of nitrogens with two attached hydrogens (primary N) is 1. The molecule has 0 fully saturated rings. The van der Waals surface area contributed by atoms with Crippen molar-refractivity contribution in [1.82, 2.24) is 4.98 Å². The van der Waals surface area contributed by atoms with Crippen molar-refractivity contribution in [2.24, 2.45) is 0 Å². The highest BCUT2D eigenvalue weighted by Crippen LogP contribution is 2.34. The molecule has 2 N–H and O–H groups in total. The summed E-state index contributed by atoms with van der Waals surface area (Å²) in [6, 6.07) is 0. The number of methoxy groups -OCH3 is 1. The van der Waals surface area contributed by atoms with E-state index in [1.165, 1.54) is 13.3 Å². The molecule has 60 valence electrons. The van der Waals surface area contributed by atoms with Crippen LogP contribution >= 0.6 is 27.5 Å². The maximum Gasteiger partial charge on any atom is 0.160 e. The summed E-state index contributed by atoms with van der Waals surface area (Å²) in [6.45, 7) is 0. The lowest BCUT2D eigenvalue weighted by molar-refractivity contribution is 0.414. The van der Waals surface area contributed by atoms with Crippen LogP contribution in [0, 0.1) is 0 Å². The molecule has 0 atom stereocenters. The summed E-state index contributed by atoms with van der Waals surface area (Å²) < 4.78 is 5.66. The second-order valence-electron chi connectivity index (χ2n) is 1.84. The maximum atomic E-state index is 5.63. The Kier molecular flexibility index (Phi) is 2.57. The lowest BCUT2D eigenvalue weighted by Crippen LogP contribution is -1.95. The third-order valence-electron chi connectivity index (χ3n) is 1.18. The van der Waals surface area contributed by atoms with E-state index in [0.717, 1.165) is 0 Å². The molecule has 1 rings (SSSR count). The van der Waals surface area contributed by atoms with Crippen LogP contribution in [0.5, 0.6) is 5.75 Å². The van der Waals surface area contributed by atoms with Crippen LogP contribution in [0.4, 0.5) is 5.69 Å². The Morgan fingerprint density at radius 3 is 2.82 bits per heavy atom. The van der Waals surface area contributed by atoms with E-state index in [0.29, 0.717) is 15.9 Å². The summed E-state index contributed by atoms with van der Waals surface area (Å²) in [7, 11) is 1.52. The fourth-order valence-electron chi connectivity index (χ4n) is 0.671. The van der Waals surface area contributed by atoms with E-state index in [2.05, 4.69) is 20.9 Å². The number of ether oxygens (including phenoxy) is 1. The molecule has 0 bridgehead atoms. The number of rotatable bonds is 1. The fraction of sp³-hybridized carbons (Fsp3) is 0.167. The van der Waals surface area contributed by atoms with Gasteiger partial charge in [-0.1, -0.05) is 11.6 Å². The summed E-state index contributed by atoms with van der Waals surface area (Å²) in [5.41, 5.74) is 5.89. The molecule has 3 nitrogen and oxygen atoms in total. The lowest BCUT2D eigenvalue weighted by Gasteiger charge is -2.06. The molecular formula is C6H6BrClN2O. The van der Waals surface area contributed by atoms with Gasteiger partial charge in [0.1, 0.15) is 5.69 Å². The number of nitrogens with zero attached hydrogens (tertiary/aromatic N) is 1. The van der Waals surface area contributed by atoms with Gasteiger partial charge >= 0.3 is 0 Å². The molecule has 0 aromatic carbocycles. The summed E-state index contributed by atoms with van der Waals surface area (Å²) >= 11 is 8.84. The second-order valence-corrected chi connectivity index (χ2v) is 3.06. The van der Waals surface area contributed by atoms with Crippen molar-refractivity contribution in [2.75, 3.05) is 12.8 Å². The minimum atomic E-state index is 0.255. The smallest absolute Gasteiger partial charge is 0.160 e. The van der Waals surface area contributed by atoms with E-state index in [1.54, 1.807) is 0 Å². The van der Waals surface area contributed by atoms with E-state index >= 15 is 0 Å². The van der Waals surface area contributed by atoms with Crippen LogP contribution in [0.1, 0.15) is 0 Å². The molecule has 5 heteroatoms. The molecule has 11 heavy (non-hydrogen) atoms. The van der Waals surface area contributed by atoms with Crippen LogP contribution in [0.2, 0.25) is 5.15 Å². The molecule has 1 aromatic rings. The monoisotopic (exact) mass is 236 g/mol. The predicted octanol–water partition coefficient (Wildman–Crippen LogP) is 2.09. The van der Waals surface area contributed by atoms with Gasteiger partial charge in [-0.05, 0) is 15.9 Å². The average Bonchev–Trinajstić information content (AvgIpc) is 1.99. The molecule has 0 aliphatic rings. The zero-order valence-corrected chi connectivity index (χ0v) is 8.11. The van der Waals surface area contributed by atoms with Crippen molar-refractivity contribution in [3.05, 3.63) is 15.8 Å². The van der Waals surface area contributed by atoms with E-state index in [4.69, 9.17) is 22.1 Å². The number of halogens is 2. The van der Waals surface area contributed by atoms with Crippen LogP contribution < -0.4 is 10.5 Å². The van der Waals surface area contributed by atoms with E-state index in [9.17, 15) is 0 Å². The minimum absolute atomic E-state index is 0.255. The van der Waals surface area contributed by atoms with Gasteiger partial charge in [-0.3, -0.25) is 0 Å². The molecule has 0 saturated carbocycles. The van der Waals surface area contributed by atoms with Crippen molar-refractivity contribution >= 4 is 33.2 Å². The van der Waals surface area contributed by atoms with Crippen LogP contribution in [0.25, 0.3) is 0 Å². The van der Waals surface area contributed by atoms with Crippen molar-refractivity contribution < 1.29 is 4.74 Å². The largest absolute Gasteiger partial charge is 0.493 e. The van der Waals surface area contributed by atoms with Crippen LogP contribution in [-0.2, 0) is 0 Å². The summed E-state index contributed by atoms with van der Waals surface area (Å²) in [5, 5.41) is 0.255. The summed E-state index contributed by atoms with van der Waals surface area (Å²) in [5.74, 6) is 0.519. The van der Waals surface area contributed by atoms with Crippen molar-refractivity contribution in [3.63, 3.8) is 0 Å². The highest BCUT2D eigenvalue weighted by molar-refractivity contribution is 9.10. The highest BCUT2D eigenvalue weighted by atomic mass is 79.9. The number of hydrogen-bond acceptors (Lipinski definition) is 3. The zero-order chi connectivity index (χ0) is 8.43. The molecule has 1 heterocycles.